The van der Waals surface area contributed by atoms with Crippen LogP contribution < -0.4 is 0 Å². The molecular weight excluding hydrogens is 452 g/mol. The van der Waals surface area contributed by atoms with Gasteiger partial charge in [-0.3, -0.25) is 15.0 Å². The standard InChI is InChI=1S/C23H21F2N3O4S/c24-19-9-5-17(6-10-19)23(18-7-11-20(25)12-8-18)26-13-15-27(16-14-26)33(31,32)22-4-2-1-3-21(22)28(29)30/h1-12,23H,13-16H2. The van der Waals surface area contributed by atoms with Crippen LogP contribution in [0.25, 0.3) is 0 Å². The molecule has 0 N–H and O–H groups in total. The third-order valence-electron chi connectivity index (χ3n) is 5.69. The van der Waals surface area contributed by atoms with Crippen molar-refractivity contribution in [2.24, 2.45) is 0 Å². The Bertz CT molecular complexity index is 1200. The zero-order valence-corrected chi connectivity index (χ0v) is 18.3. The van der Waals surface area contributed by atoms with Crippen molar-refractivity contribution in [3.8, 4) is 0 Å². The zero-order valence-electron chi connectivity index (χ0n) is 17.5. The molecule has 0 radical (unpaired) electrons. The maximum Gasteiger partial charge on any atom is 0.289 e. The summed E-state index contributed by atoms with van der Waals surface area (Å²) in [5.74, 6) is -0.756. The molecule has 0 spiro atoms. The highest BCUT2D eigenvalue weighted by molar-refractivity contribution is 7.89. The Hall–Kier alpha value is -3.21. The van der Waals surface area contributed by atoms with E-state index in [1.54, 1.807) is 24.3 Å². The lowest BCUT2D eigenvalue weighted by Gasteiger charge is -2.39. The number of sulfonamides is 1. The smallest absolute Gasteiger partial charge is 0.289 e. The van der Waals surface area contributed by atoms with Crippen LogP contribution in [0.1, 0.15) is 17.2 Å². The molecule has 1 fully saturated rings. The number of para-hydroxylation sites is 1. The van der Waals surface area contributed by atoms with Gasteiger partial charge in [-0.05, 0) is 41.5 Å². The SMILES string of the molecule is O=[N+]([O-])c1ccccc1S(=O)(=O)N1CCN(C(c2ccc(F)cc2)c2ccc(F)cc2)CC1. The number of rotatable bonds is 6. The van der Waals surface area contributed by atoms with Gasteiger partial charge in [0.1, 0.15) is 11.6 Å². The van der Waals surface area contributed by atoms with Crippen molar-refractivity contribution in [3.63, 3.8) is 0 Å². The van der Waals surface area contributed by atoms with Crippen LogP contribution in [0.3, 0.4) is 0 Å². The molecule has 0 aliphatic carbocycles. The first-order valence-electron chi connectivity index (χ1n) is 10.3. The van der Waals surface area contributed by atoms with Crippen molar-refractivity contribution in [1.82, 2.24) is 9.21 Å². The molecular formula is C23H21F2N3O4S. The molecule has 0 bridgehead atoms. The molecule has 3 aromatic carbocycles. The van der Waals surface area contributed by atoms with E-state index >= 15 is 0 Å². The summed E-state index contributed by atoms with van der Waals surface area (Å²) < 4.78 is 54.5. The summed E-state index contributed by atoms with van der Waals surface area (Å²) in [5, 5.41) is 11.3. The maximum atomic E-state index is 13.5. The molecule has 33 heavy (non-hydrogen) atoms. The fourth-order valence-corrected chi connectivity index (χ4v) is 5.65. The first-order valence-corrected chi connectivity index (χ1v) is 11.7. The van der Waals surface area contributed by atoms with Crippen LogP contribution in [0.2, 0.25) is 0 Å². The predicted molar refractivity (Wildman–Crippen MR) is 118 cm³/mol. The number of hydrogen-bond acceptors (Lipinski definition) is 5. The Kier molecular flexibility index (Phi) is 6.50. The van der Waals surface area contributed by atoms with Crippen LogP contribution in [0.5, 0.6) is 0 Å². The topological polar surface area (TPSA) is 83.8 Å². The van der Waals surface area contributed by atoms with E-state index in [0.717, 1.165) is 11.1 Å². The van der Waals surface area contributed by atoms with Crippen molar-refractivity contribution < 1.29 is 22.1 Å². The molecule has 7 nitrogen and oxygen atoms in total. The molecule has 1 aliphatic rings. The van der Waals surface area contributed by atoms with E-state index in [1.807, 2.05) is 4.90 Å². The van der Waals surface area contributed by atoms with Gasteiger partial charge in [-0.25, -0.2) is 17.2 Å². The second-order valence-electron chi connectivity index (χ2n) is 7.67. The molecule has 0 saturated carbocycles. The van der Waals surface area contributed by atoms with Crippen molar-refractivity contribution in [2.75, 3.05) is 26.2 Å². The van der Waals surface area contributed by atoms with Crippen LogP contribution in [-0.2, 0) is 10.0 Å². The van der Waals surface area contributed by atoms with Gasteiger partial charge in [-0.15, -0.1) is 0 Å². The minimum absolute atomic E-state index is 0.118. The summed E-state index contributed by atoms with van der Waals surface area (Å²) in [6.45, 7) is 0.902. The van der Waals surface area contributed by atoms with E-state index in [9.17, 15) is 27.3 Å². The van der Waals surface area contributed by atoms with Crippen molar-refractivity contribution >= 4 is 15.7 Å². The van der Waals surface area contributed by atoms with Gasteiger partial charge in [0.25, 0.3) is 5.69 Å². The highest BCUT2D eigenvalue weighted by Gasteiger charge is 2.35. The van der Waals surface area contributed by atoms with Gasteiger partial charge in [0.05, 0.1) is 11.0 Å². The van der Waals surface area contributed by atoms with Gasteiger partial charge >= 0.3 is 0 Å². The average Bonchev–Trinajstić information content (AvgIpc) is 2.82. The number of piperazine rings is 1. The average molecular weight is 474 g/mol. The van der Waals surface area contributed by atoms with Crippen LogP contribution in [0, 0.1) is 21.7 Å². The largest absolute Gasteiger partial charge is 0.290 e. The number of hydrogen-bond donors (Lipinski definition) is 0. The minimum atomic E-state index is -4.06. The molecule has 1 saturated heterocycles. The molecule has 0 unspecified atom stereocenters. The second kappa shape index (κ2) is 9.34. The van der Waals surface area contributed by atoms with E-state index < -0.39 is 20.6 Å². The Morgan fingerprint density at radius 3 is 1.76 bits per heavy atom. The van der Waals surface area contributed by atoms with Crippen molar-refractivity contribution in [2.45, 2.75) is 10.9 Å². The van der Waals surface area contributed by atoms with Gasteiger partial charge in [0.15, 0.2) is 4.90 Å². The van der Waals surface area contributed by atoms with E-state index in [0.29, 0.717) is 13.1 Å². The monoisotopic (exact) mass is 473 g/mol. The van der Waals surface area contributed by atoms with E-state index in [2.05, 4.69) is 0 Å². The molecule has 172 valence electrons. The molecule has 0 amide bonds. The van der Waals surface area contributed by atoms with Gasteiger partial charge < -0.3 is 0 Å². The summed E-state index contributed by atoms with van der Waals surface area (Å²) in [4.78, 5) is 12.3. The molecule has 4 rings (SSSR count). The fourth-order valence-electron chi connectivity index (χ4n) is 4.07. The number of nitro benzene ring substituents is 1. The summed E-state index contributed by atoms with van der Waals surface area (Å²) in [6, 6.07) is 17.0. The zero-order chi connectivity index (χ0) is 23.6. The quantitative estimate of drug-likeness (QED) is 0.400. The van der Waals surface area contributed by atoms with E-state index in [4.69, 9.17) is 0 Å². The van der Waals surface area contributed by atoms with E-state index in [-0.39, 0.29) is 35.7 Å². The minimum Gasteiger partial charge on any atom is -0.290 e. The molecule has 10 heteroatoms. The third kappa shape index (κ3) is 4.77. The van der Waals surface area contributed by atoms with Crippen LogP contribution in [0.15, 0.2) is 77.7 Å². The number of nitrogens with zero attached hydrogens (tertiary/aromatic N) is 3. The fraction of sp³-hybridized carbons (Fsp3) is 0.217. The second-order valence-corrected chi connectivity index (χ2v) is 9.58. The van der Waals surface area contributed by atoms with Crippen LogP contribution in [0.4, 0.5) is 14.5 Å². The molecule has 1 heterocycles. The highest BCUT2D eigenvalue weighted by atomic mass is 32.2. The highest BCUT2D eigenvalue weighted by Crippen LogP contribution is 2.32. The molecule has 0 aromatic heterocycles. The van der Waals surface area contributed by atoms with Crippen molar-refractivity contribution in [3.05, 3.63) is 106 Å². The molecule has 0 atom stereocenters. The van der Waals surface area contributed by atoms with Gasteiger partial charge in [-0.2, -0.15) is 4.31 Å². The van der Waals surface area contributed by atoms with Gasteiger partial charge in [-0.1, -0.05) is 36.4 Å². The Morgan fingerprint density at radius 1 is 0.788 bits per heavy atom. The summed E-state index contributed by atoms with van der Waals surface area (Å²) in [6.07, 6.45) is 0. The Labute approximate surface area is 190 Å². The number of nitro groups is 1. The van der Waals surface area contributed by atoms with E-state index in [1.165, 1.54) is 52.8 Å². The summed E-state index contributed by atoms with van der Waals surface area (Å²) in [7, 11) is -4.06. The lowest BCUT2D eigenvalue weighted by molar-refractivity contribution is -0.387. The number of halogens is 2. The summed E-state index contributed by atoms with van der Waals surface area (Å²) >= 11 is 0. The van der Waals surface area contributed by atoms with Gasteiger partial charge in [0.2, 0.25) is 10.0 Å². The van der Waals surface area contributed by atoms with Crippen molar-refractivity contribution in [1.29, 1.82) is 0 Å². The first-order chi connectivity index (χ1) is 15.8. The van der Waals surface area contributed by atoms with Crippen LogP contribution >= 0.6 is 0 Å². The predicted octanol–water partition coefficient (Wildman–Crippen LogP) is 3.97. The lowest BCUT2D eigenvalue weighted by Crippen LogP contribution is -2.49. The summed E-state index contributed by atoms with van der Waals surface area (Å²) in [5.41, 5.74) is 1.12. The molecule has 3 aromatic rings. The van der Waals surface area contributed by atoms with Crippen LogP contribution in [-0.4, -0.2) is 48.7 Å². The Morgan fingerprint density at radius 2 is 1.27 bits per heavy atom. The normalized spacial score (nSPS) is 15.6. The Balaban J connectivity index is 1.60. The lowest BCUT2D eigenvalue weighted by atomic mass is 9.96. The molecule has 1 aliphatic heterocycles. The maximum absolute atomic E-state index is 13.5. The third-order valence-corrected chi connectivity index (χ3v) is 7.64. The number of benzene rings is 3. The van der Waals surface area contributed by atoms with Gasteiger partial charge in [0, 0.05) is 32.2 Å². The first kappa shape index (κ1) is 23.0.